The number of alkyl carbamates (subject to hydrolysis) is 1. The van der Waals surface area contributed by atoms with E-state index in [1.54, 1.807) is 0 Å². The zero-order valence-electron chi connectivity index (χ0n) is 11.2. The minimum Gasteiger partial charge on any atom is -0.444 e. The fourth-order valence-electron chi connectivity index (χ4n) is 0.976. The maximum Gasteiger partial charge on any atom is 0.407 e. The van der Waals surface area contributed by atoms with Gasteiger partial charge in [-0.05, 0) is 27.7 Å². The molecule has 0 spiro atoms. The molecule has 17 heavy (non-hydrogen) atoms. The van der Waals surface area contributed by atoms with Crippen LogP contribution in [0.5, 0.6) is 0 Å². The fraction of sp³-hybridized carbons (Fsp3) is 0.750. The fourth-order valence-corrected chi connectivity index (χ4v) is 0.976. The Kier molecular flexibility index (Phi) is 7.58. The number of amides is 1. The normalized spacial score (nSPS) is 13.7. The van der Waals surface area contributed by atoms with Gasteiger partial charge in [-0.15, -0.1) is 0 Å². The zero-order chi connectivity index (χ0) is 13.3. The van der Waals surface area contributed by atoms with Crippen LogP contribution >= 0.6 is 0 Å². The standard InChI is InChI=1S/C12H25N3O2/c1-10(9-13)14-7-5-6-8-15-11(16)17-12(2,3)4/h5-6,10,14H,7-9,13H2,1-4H3,(H,15,16)/b6-5+. The lowest BCUT2D eigenvalue weighted by molar-refractivity contribution is 0.0534. The van der Waals surface area contributed by atoms with Gasteiger partial charge in [0.2, 0.25) is 0 Å². The van der Waals surface area contributed by atoms with E-state index >= 15 is 0 Å². The van der Waals surface area contributed by atoms with Gasteiger partial charge in [0, 0.05) is 25.7 Å². The first-order chi connectivity index (χ1) is 7.85. The molecular formula is C12H25N3O2. The number of hydrogen-bond acceptors (Lipinski definition) is 4. The Balaban J connectivity index is 3.56. The van der Waals surface area contributed by atoms with Gasteiger partial charge in [0.05, 0.1) is 0 Å². The molecule has 1 unspecified atom stereocenters. The molecule has 0 aromatic carbocycles. The van der Waals surface area contributed by atoms with Crippen molar-refractivity contribution in [1.29, 1.82) is 0 Å². The van der Waals surface area contributed by atoms with Gasteiger partial charge in [-0.25, -0.2) is 4.79 Å². The first-order valence-corrected chi connectivity index (χ1v) is 5.90. The minimum absolute atomic E-state index is 0.304. The summed E-state index contributed by atoms with van der Waals surface area (Å²) in [5, 5.41) is 5.84. The summed E-state index contributed by atoms with van der Waals surface area (Å²) in [4.78, 5) is 11.2. The lowest BCUT2D eigenvalue weighted by Gasteiger charge is -2.19. The third-order valence-corrected chi connectivity index (χ3v) is 1.87. The molecule has 5 heteroatoms. The number of carbonyl (C=O) groups excluding carboxylic acids is 1. The molecule has 0 saturated carbocycles. The molecule has 4 N–H and O–H groups in total. The number of rotatable bonds is 6. The molecule has 0 aliphatic rings. The lowest BCUT2D eigenvalue weighted by Crippen LogP contribution is -2.33. The molecule has 0 rings (SSSR count). The maximum absolute atomic E-state index is 11.2. The number of ether oxygens (including phenoxy) is 1. The van der Waals surface area contributed by atoms with E-state index in [-0.39, 0.29) is 0 Å². The van der Waals surface area contributed by atoms with Crippen molar-refractivity contribution in [2.24, 2.45) is 5.73 Å². The zero-order valence-corrected chi connectivity index (χ0v) is 11.2. The lowest BCUT2D eigenvalue weighted by atomic mass is 10.2. The first-order valence-electron chi connectivity index (χ1n) is 5.90. The highest BCUT2D eigenvalue weighted by Crippen LogP contribution is 2.05. The summed E-state index contributed by atoms with van der Waals surface area (Å²) < 4.78 is 5.08. The number of nitrogens with one attached hydrogen (secondary N) is 2. The molecule has 0 bridgehead atoms. The Hall–Kier alpha value is -1.07. The van der Waals surface area contributed by atoms with Crippen molar-refractivity contribution in [2.45, 2.75) is 39.3 Å². The van der Waals surface area contributed by atoms with Crippen LogP contribution in [0.2, 0.25) is 0 Å². The van der Waals surface area contributed by atoms with Gasteiger partial charge < -0.3 is 21.1 Å². The van der Waals surface area contributed by atoms with Crippen LogP contribution in [-0.4, -0.2) is 37.4 Å². The van der Waals surface area contributed by atoms with Crippen molar-refractivity contribution < 1.29 is 9.53 Å². The van der Waals surface area contributed by atoms with E-state index in [0.29, 0.717) is 19.1 Å². The van der Waals surface area contributed by atoms with Crippen LogP contribution in [0, 0.1) is 0 Å². The number of nitrogens with two attached hydrogens (primary N) is 1. The molecule has 0 aliphatic carbocycles. The highest BCUT2D eigenvalue weighted by Gasteiger charge is 2.14. The molecule has 0 aromatic rings. The van der Waals surface area contributed by atoms with Crippen LogP contribution in [0.4, 0.5) is 4.79 Å². The molecule has 1 amide bonds. The smallest absolute Gasteiger partial charge is 0.407 e. The number of carbonyl (C=O) groups is 1. The topological polar surface area (TPSA) is 76.4 Å². The quantitative estimate of drug-likeness (QED) is 0.608. The monoisotopic (exact) mass is 243 g/mol. The van der Waals surface area contributed by atoms with Gasteiger partial charge in [-0.3, -0.25) is 0 Å². The molecule has 0 aromatic heterocycles. The minimum atomic E-state index is -0.452. The Labute approximate surface area is 104 Å². The van der Waals surface area contributed by atoms with Crippen LogP contribution in [0.25, 0.3) is 0 Å². The molecular weight excluding hydrogens is 218 g/mol. The van der Waals surface area contributed by atoms with E-state index in [1.807, 2.05) is 39.8 Å². The van der Waals surface area contributed by atoms with Gasteiger partial charge in [0.15, 0.2) is 0 Å². The molecule has 0 radical (unpaired) electrons. The van der Waals surface area contributed by atoms with Crippen LogP contribution in [0.15, 0.2) is 12.2 Å². The Morgan fingerprint density at radius 1 is 1.35 bits per heavy atom. The van der Waals surface area contributed by atoms with Crippen molar-refractivity contribution in [3.8, 4) is 0 Å². The van der Waals surface area contributed by atoms with Gasteiger partial charge >= 0.3 is 6.09 Å². The summed E-state index contributed by atoms with van der Waals surface area (Å²) in [6.07, 6.45) is 3.43. The number of hydrogen-bond donors (Lipinski definition) is 3. The van der Waals surface area contributed by atoms with Crippen LogP contribution in [-0.2, 0) is 4.74 Å². The van der Waals surface area contributed by atoms with Crippen molar-refractivity contribution in [3.63, 3.8) is 0 Å². The molecule has 0 aliphatic heterocycles. The summed E-state index contributed by atoms with van der Waals surface area (Å²) in [6.45, 7) is 9.35. The van der Waals surface area contributed by atoms with Crippen molar-refractivity contribution in [3.05, 3.63) is 12.2 Å². The molecule has 0 saturated heterocycles. The van der Waals surface area contributed by atoms with Gasteiger partial charge in [0.25, 0.3) is 0 Å². The molecule has 0 heterocycles. The highest BCUT2D eigenvalue weighted by atomic mass is 16.6. The third kappa shape index (κ3) is 11.2. The van der Waals surface area contributed by atoms with Gasteiger partial charge in [-0.2, -0.15) is 0 Å². The summed E-state index contributed by atoms with van der Waals surface area (Å²) in [5.41, 5.74) is 5.00. The van der Waals surface area contributed by atoms with E-state index in [1.165, 1.54) is 0 Å². The average Bonchev–Trinajstić information content (AvgIpc) is 2.20. The Morgan fingerprint density at radius 3 is 2.47 bits per heavy atom. The SMILES string of the molecule is CC(CN)NC/C=C/CNC(=O)OC(C)(C)C. The first kappa shape index (κ1) is 15.9. The van der Waals surface area contributed by atoms with Crippen LogP contribution in [0.3, 0.4) is 0 Å². The summed E-state index contributed by atoms with van der Waals surface area (Å²) >= 11 is 0. The van der Waals surface area contributed by atoms with E-state index in [2.05, 4.69) is 10.6 Å². The van der Waals surface area contributed by atoms with Crippen LogP contribution in [0.1, 0.15) is 27.7 Å². The summed E-state index contributed by atoms with van der Waals surface area (Å²) in [6, 6.07) is 0.304. The second-order valence-corrected chi connectivity index (χ2v) is 4.90. The van der Waals surface area contributed by atoms with E-state index in [0.717, 1.165) is 6.54 Å². The molecule has 5 nitrogen and oxygen atoms in total. The highest BCUT2D eigenvalue weighted by molar-refractivity contribution is 5.67. The second kappa shape index (κ2) is 8.08. The Bertz CT molecular complexity index is 247. The third-order valence-electron chi connectivity index (χ3n) is 1.87. The van der Waals surface area contributed by atoms with E-state index in [4.69, 9.17) is 10.5 Å². The molecule has 1 atom stereocenters. The van der Waals surface area contributed by atoms with Gasteiger partial charge in [0.1, 0.15) is 5.60 Å². The predicted octanol–water partition coefficient (Wildman–Crippen LogP) is 1.00. The summed E-state index contributed by atoms with van der Waals surface area (Å²) in [7, 11) is 0. The van der Waals surface area contributed by atoms with E-state index in [9.17, 15) is 4.79 Å². The van der Waals surface area contributed by atoms with Gasteiger partial charge in [-0.1, -0.05) is 12.2 Å². The van der Waals surface area contributed by atoms with Crippen molar-refractivity contribution in [1.82, 2.24) is 10.6 Å². The molecule has 100 valence electrons. The largest absolute Gasteiger partial charge is 0.444 e. The second-order valence-electron chi connectivity index (χ2n) is 4.90. The van der Waals surface area contributed by atoms with Crippen molar-refractivity contribution in [2.75, 3.05) is 19.6 Å². The average molecular weight is 243 g/mol. The maximum atomic E-state index is 11.2. The molecule has 0 fully saturated rings. The van der Waals surface area contributed by atoms with E-state index < -0.39 is 11.7 Å². The van der Waals surface area contributed by atoms with Crippen LogP contribution < -0.4 is 16.4 Å². The Morgan fingerprint density at radius 2 is 1.94 bits per heavy atom. The summed E-state index contributed by atoms with van der Waals surface area (Å²) in [5.74, 6) is 0. The predicted molar refractivity (Wildman–Crippen MR) is 69.9 cm³/mol. The van der Waals surface area contributed by atoms with Crippen molar-refractivity contribution >= 4 is 6.09 Å².